The Bertz CT molecular complexity index is 722. The van der Waals surface area contributed by atoms with Gasteiger partial charge in [-0.2, -0.15) is 5.10 Å². The molecule has 9 heteroatoms. The minimum atomic E-state index is -0.753. The molecule has 0 spiro atoms. The maximum absolute atomic E-state index is 11.4. The van der Waals surface area contributed by atoms with Crippen LogP contribution < -0.4 is 16.8 Å². The van der Waals surface area contributed by atoms with E-state index in [4.69, 9.17) is 5.84 Å². The largest absolute Gasteiger partial charge is 0.290 e. The van der Waals surface area contributed by atoms with Gasteiger partial charge in [0.15, 0.2) is 0 Å². The molecule has 20 heavy (non-hydrogen) atoms. The lowest BCUT2D eigenvalue weighted by Crippen LogP contribution is -2.34. The topological polar surface area (TPSA) is 144 Å². The van der Waals surface area contributed by atoms with Gasteiger partial charge in [-0.3, -0.25) is 25.1 Å². The number of nitrogens with zero attached hydrogens (tertiary/aromatic N) is 2. The molecule has 0 aliphatic carbocycles. The Balaban J connectivity index is 2.45. The van der Waals surface area contributed by atoms with Crippen LogP contribution in [0.5, 0.6) is 0 Å². The van der Waals surface area contributed by atoms with E-state index in [1.54, 1.807) is 0 Å². The summed E-state index contributed by atoms with van der Waals surface area (Å²) in [6.45, 7) is 0. The molecule has 1 aromatic carbocycles. The van der Waals surface area contributed by atoms with Gasteiger partial charge in [-0.15, -0.1) is 0 Å². The van der Waals surface area contributed by atoms with Crippen LogP contribution in [0.4, 0.5) is 5.69 Å². The number of aromatic nitrogens is 2. The third kappa shape index (κ3) is 2.52. The summed E-state index contributed by atoms with van der Waals surface area (Å²) in [7, 11) is 0. The number of non-ortho nitro benzene ring substituents is 1. The number of amides is 1. The fourth-order valence-electron chi connectivity index (χ4n) is 1.55. The first-order valence-corrected chi connectivity index (χ1v) is 5.38. The SMILES string of the molecule is NNC(=O)c1cc(-c2ccc([N+](=O)[O-])cc2)n[nH]c1=O. The lowest BCUT2D eigenvalue weighted by Gasteiger charge is -2.02. The van der Waals surface area contributed by atoms with Crippen molar-refractivity contribution in [1.82, 2.24) is 15.6 Å². The van der Waals surface area contributed by atoms with Gasteiger partial charge in [0, 0.05) is 17.7 Å². The minimum absolute atomic E-state index is 0.0712. The number of hydrogen-bond acceptors (Lipinski definition) is 6. The van der Waals surface area contributed by atoms with E-state index in [0.29, 0.717) is 5.56 Å². The Morgan fingerprint density at radius 3 is 2.55 bits per heavy atom. The first-order chi connectivity index (χ1) is 9.52. The average Bonchev–Trinajstić information content (AvgIpc) is 2.47. The van der Waals surface area contributed by atoms with E-state index in [0.717, 1.165) is 0 Å². The van der Waals surface area contributed by atoms with E-state index in [1.807, 2.05) is 5.43 Å². The van der Waals surface area contributed by atoms with E-state index >= 15 is 0 Å². The summed E-state index contributed by atoms with van der Waals surface area (Å²) >= 11 is 0. The highest BCUT2D eigenvalue weighted by Crippen LogP contribution is 2.20. The zero-order chi connectivity index (χ0) is 14.7. The number of hydrogen-bond donors (Lipinski definition) is 3. The molecule has 2 rings (SSSR count). The monoisotopic (exact) mass is 275 g/mol. The van der Waals surface area contributed by atoms with E-state index in [1.165, 1.54) is 30.3 Å². The predicted molar refractivity (Wildman–Crippen MR) is 68.6 cm³/mol. The molecular formula is C11H9N5O4. The number of nitro benzene ring substituents is 1. The number of hydrazine groups is 1. The first-order valence-electron chi connectivity index (χ1n) is 5.38. The highest BCUT2D eigenvalue weighted by Gasteiger charge is 2.12. The maximum atomic E-state index is 11.4. The quantitative estimate of drug-likeness (QED) is 0.310. The Morgan fingerprint density at radius 1 is 1.35 bits per heavy atom. The Hall–Kier alpha value is -3.07. The number of carbonyl (C=O) groups excluding carboxylic acids is 1. The smallest absolute Gasteiger partial charge is 0.277 e. The molecule has 0 bridgehead atoms. The van der Waals surface area contributed by atoms with Crippen LogP contribution in [0, 0.1) is 10.1 Å². The van der Waals surface area contributed by atoms with Gasteiger partial charge in [-0.05, 0) is 18.2 Å². The summed E-state index contributed by atoms with van der Waals surface area (Å²) in [5.41, 5.74) is 1.70. The fourth-order valence-corrected chi connectivity index (χ4v) is 1.55. The van der Waals surface area contributed by atoms with Gasteiger partial charge in [0.25, 0.3) is 17.2 Å². The average molecular weight is 275 g/mol. The van der Waals surface area contributed by atoms with Crippen molar-refractivity contribution in [2.75, 3.05) is 0 Å². The summed E-state index contributed by atoms with van der Waals surface area (Å²) in [5.74, 6) is 4.21. The molecule has 1 heterocycles. The Labute approximate surface area is 111 Å². The van der Waals surface area contributed by atoms with Crippen molar-refractivity contribution >= 4 is 11.6 Å². The molecule has 1 aromatic heterocycles. The van der Waals surface area contributed by atoms with Crippen molar-refractivity contribution in [3.8, 4) is 11.3 Å². The third-order valence-corrected chi connectivity index (χ3v) is 2.55. The normalized spacial score (nSPS) is 10.1. The van der Waals surface area contributed by atoms with E-state index in [9.17, 15) is 19.7 Å². The second kappa shape index (κ2) is 5.28. The van der Waals surface area contributed by atoms with Crippen molar-refractivity contribution in [2.24, 2.45) is 5.84 Å². The van der Waals surface area contributed by atoms with Gasteiger partial charge < -0.3 is 0 Å². The van der Waals surface area contributed by atoms with Crippen molar-refractivity contribution in [2.45, 2.75) is 0 Å². The van der Waals surface area contributed by atoms with Crippen molar-refractivity contribution in [3.05, 3.63) is 56.4 Å². The second-order valence-corrected chi connectivity index (χ2v) is 3.77. The lowest BCUT2D eigenvalue weighted by molar-refractivity contribution is -0.384. The fraction of sp³-hybridized carbons (Fsp3) is 0. The zero-order valence-electron chi connectivity index (χ0n) is 9.99. The van der Waals surface area contributed by atoms with E-state index in [2.05, 4.69) is 10.2 Å². The molecule has 0 saturated carbocycles. The third-order valence-electron chi connectivity index (χ3n) is 2.55. The molecule has 0 aliphatic heterocycles. The summed E-state index contributed by atoms with van der Waals surface area (Å²) in [4.78, 5) is 32.8. The summed E-state index contributed by atoms with van der Waals surface area (Å²) < 4.78 is 0. The molecule has 0 saturated heterocycles. The highest BCUT2D eigenvalue weighted by atomic mass is 16.6. The molecule has 0 atom stereocenters. The summed E-state index contributed by atoms with van der Waals surface area (Å²) in [6, 6.07) is 6.77. The van der Waals surface area contributed by atoms with Crippen LogP contribution in [-0.2, 0) is 0 Å². The molecule has 102 valence electrons. The molecule has 0 aliphatic rings. The second-order valence-electron chi connectivity index (χ2n) is 3.77. The highest BCUT2D eigenvalue weighted by molar-refractivity contribution is 5.94. The molecule has 9 nitrogen and oxygen atoms in total. The van der Waals surface area contributed by atoms with Gasteiger partial charge in [-0.1, -0.05) is 0 Å². The number of rotatable bonds is 3. The van der Waals surface area contributed by atoms with Gasteiger partial charge in [0.05, 0.1) is 10.6 Å². The first kappa shape index (κ1) is 13.4. The molecular weight excluding hydrogens is 266 g/mol. The number of nitro groups is 1. The van der Waals surface area contributed by atoms with Crippen molar-refractivity contribution in [1.29, 1.82) is 0 Å². The lowest BCUT2D eigenvalue weighted by atomic mass is 10.1. The van der Waals surface area contributed by atoms with Crippen LogP contribution in [0.15, 0.2) is 35.1 Å². The van der Waals surface area contributed by atoms with Gasteiger partial charge >= 0.3 is 0 Å². The molecule has 2 aromatic rings. The van der Waals surface area contributed by atoms with Crippen molar-refractivity contribution in [3.63, 3.8) is 0 Å². The van der Waals surface area contributed by atoms with E-state index < -0.39 is 16.4 Å². The van der Waals surface area contributed by atoms with Crippen LogP contribution in [0.2, 0.25) is 0 Å². The summed E-state index contributed by atoms with van der Waals surface area (Å²) in [5, 5.41) is 16.5. The van der Waals surface area contributed by atoms with Crippen LogP contribution in [0.3, 0.4) is 0 Å². The minimum Gasteiger partial charge on any atom is -0.290 e. The molecule has 1 amide bonds. The Morgan fingerprint density at radius 2 is 2.00 bits per heavy atom. The predicted octanol–water partition coefficient (Wildman–Crippen LogP) is -0.0514. The van der Waals surface area contributed by atoms with Crippen LogP contribution in [-0.4, -0.2) is 21.0 Å². The molecule has 4 N–H and O–H groups in total. The van der Waals surface area contributed by atoms with Gasteiger partial charge in [-0.25, -0.2) is 10.9 Å². The van der Waals surface area contributed by atoms with Crippen LogP contribution >= 0.6 is 0 Å². The molecule has 0 fully saturated rings. The number of benzene rings is 1. The number of carbonyl (C=O) groups is 1. The number of H-pyrrole nitrogens is 1. The number of nitrogens with two attached hydrogens (primary N) is 1. The summed E-state index contributed by atoms with van der Waals surface area (Å²) in [6.07, 6.45) is 0. The van der Waals surface area contributed by atoms with E-state index in [-0.39, 0.29) is 16.9 Å². The maximum Gasteiger partial charge on any atom is 0.277 e. The standard InChI is InChI=1S/C11H9N5O4/c12-13-10(17)8-5-9(14-15-11(8)18)6-1-3-7(4-2-6)16(19)20/h1-5H,12H2,(H,13,17)(H,15,18). The zero-order valence-corrected chi connectivity index (χ0v) is 9.99. The number of aromatic amines is 1. The van der Waals surface area contributed by atoms with Gasteiger partial charge in [0.1, 0.15) is 5.56 Å². The van der Waals surface area contributed by atoms with Crippen LogP contribution in [0.25, 0.3) is 11.3 Å². The Kier molecular flexibility index (Phi) is 3.53. The van der Waals surface area contributed by atoms with Crippen LogP contribution in [0.1, 0.15) is 10.4 Å². The number of nitrogen functional groups attached to an aromatic ring is 1. The molecule has 0 radical (unpaired) electrons. The number of nitrogens with one attached hydrogen (secondary N) is 2. The molecule has 0 unspecified atom stereocenters. The van der Waals surface area contributed by atoms with Crippen molar-refractivity contribution < 1.29 is 9.72 Å². The van der Waals surface area contributed by atoms with Gasteiger partial charge in [0.2, 0.25) is 0 Å².